The molecule has 120 valence electrons. The van der Waals surface area contributed by atoms with Crippen molar-refractivity contribution in [1.29, 1.82) is 0 Å². The van der Waals surface area contributed by atoms with Gasteiger partial charge in [0.25, 0.3) is 0 Å². The third-order valence-electron chi connectivity index (χ3n) is 2.90. The number of methoxy groups -OCH3 is 1. The van der Waals surface area contributed by atoms with Crippen LogP contribution in [0.4, 0.5) is 15.3 Å². The van der Waals surface area contributed by atoms with E-state index in [1.807, 2.05) is 0 Å². The molecule has 0 aliphatic carbocycles. The molecule has 2 rings (SSSR count). The van der Waals surface area contributed by atoms with Crippen molar-refractivity contribution in [3.63, 3.8) is 0 Å². The lowest BCUT2D eigenvalue weighted by molar-refractivity contribution is 0.0635. The number of cyclic esters (lactones) is 1. The number of hydrogen-bond acceptors (Lipinski definition) is 5. The molecule has 1 aliphatic rings. The van der Waals surface area contributed by atoms with Crippen LogP contribution in [-0.2, 0) is 9.47 Å². The van der Waals surface area contributed by atoms with Gasteiger partial charge in [-0.25, -0.2) is 9.59 Å². The largest absolute Gasteiger partial charge is 0.496 e. The zero-order valence-electron chi connectivity index (χ0n) is 13.1. The second-order valence-electron chi connectivity index (χ2n) is 5.86. The molecule has 1 aliphatic heterocycles. The molecule has 1 aromatic carbocycles. The molecule has 1 fully saturated rings. The van der Waals surface area contributed by atoms with Crippen LogP contribution in [0.5, 0.6) is 5.75 Å². The molecule has 7 nitrogen and oxygen atoms in total. The highest BCUT2D eigenvalue weighted by atomic mass is 16.6. The summed E-state index contributed by atoms with van der Waals surface area (Å²) in [7, 11) is 1.53. The minimum absolute atomic E-state index is 0.352. The number of anilines is 1. The highest BCUT2D eigenvalue weighted by Gasteiger charge is 2.27. The van der Waals surface area contributed by atoms with Crippen LogP contribution in [0.2, 0.25) is 0 Å². The Morgan fingerprint density at radius 2 is 2.14 bits per heavy atom. The van der Waals surface area contributed by atoms with Crippen LogP contribution in [0.1, 0.15) is 32.4 Å². The molecule has 0 aromatic heterocycles. The Bertz CT molecular complexity index is 580. The predicted molar refractivity (Wildman–Crippen MR) is 80.1 cm³/mol. The summed E-state index contributed by atoms with van der Waals surface area (Å²) in [6.45, 7) is 5.71. The molecule has 22 heavy (non-hydrogen) atoms. The average Bonchev–Trinajstić information content (AvgIpc) is 2.83. The fourth-order valence-electron chi connectivity index (χ4n) is 2.05. The molecule has 2 amide bonds. The molecule has 1 heterocycles. The van der Waals surface area contributed by atoms with Gasteiger partial charge in [0.1, 0.15) is 17.5 Å². The number of carbonyl (C=O) groups is 2. The van der Waals surface area contributed by atoms with E-state index in [0.717, 1.165) is 0 Å². The lowest BCUT2D eigenvalue weighted by Gasteiger charge is -2.20. The minimum atomic E-state index is -0.579. The molecular formula is C15H20N2O5. The Labute approximate surface area is 128 Å². The summed E-state index contributed by atoms with van der Waals surface area (Å²) in [6, 6.07) is 5.10. The van der Waals surface area contributed by atoms with Gasteiger partial charge in [-0.2, -0.15) is 0 Å². The molecule has 0 saturated carbocycles. The lowest BCUT2D eigenvalue weighted by Crippen LogP contribution is -2.27. The van der Waals surface area contributed by atoms with E-state index in [2.05, 4.69) is 10.6 Å². The number of nitrogens with one attached hydrogen (secondary N) is 2. The average molecular weight is 308 g/mol. The highest BCUT2D eigenvalue weighted by molar-refractivity contribution is 5.85. The van der Waals surface area contributed by atoms with E-state index in [1.54, 1.807) is 39.0 Å². The molecule has 0 bridgehead atoms. The van der Waals surface area contributed by atoms with Crippen molar-refractivity contribution in [2.45, 2.75) is 32.5 Å². The first-order valence-electron chi connectivity index (χ1n) is 6.91. The second-order valence-corrected chi connectivity index (χ2v) is 5.86. The molecule has 7 heteroatoms. The van der Waals surface area contributed by atoms with Gasteiger partial charge in [0, 0.05) is 11.3 Å². The van der Waals surface area contributed by atoms with Crippen molar-refractivity contribution in [2.24, 2.45) is 0 Å². The predicted octanol–water partition coefficient (Wildman–Crippen LogP) is 2.82. The summed E-state index contributed by atoms with van der Waals surface area (Å²) in [5.74, 6) is 0.580. The number of carbonyl (C=O) groups excluding carboxylic acids is 2. The molecular weight excluding hydrogens is 288 g/mol. The maximum atomic E-state index is 11.8. The lowest BCUT2D eigenvalue weighted by atomic mass is 10.1. The van der Waals surface area contributed by atoms with E-state index in [-0.39, 0.29) is 0 Å². The Morgan fingerprint density at radius 3 is 2.68 bits per heavy atom. The fraction of sp³-hybridized carbons (Fsp3) is 0.467. The molecule has 0 radical (unpaired) electrons. The topological polar surface area (TPSA) is 85.9 Å². The maximum absolute atomic E-state index is 11.8. The fourth-order valence-corrected chi connectivity index (χ4v) is 2.05. The van der Waals surface area contributed by atoms with E-state index in [0.29, 0.717) is 23.5 Å². The Balaban J connectivity index is 2.16. The maximum Gasteiger partial charge on any atom is 0.412 e. The van der Waals surface area contributed by atoms with Crippen LogP contribution in [0.3, 0.4) is 0 Å². The van der Waals surface area contributed by atoms with Gasteiger partial charge >= 0.3 is 12.2 Å². The Hall–Kier alpha value is -2.44. The van der Waals surface area contributed by atoms with Crippen molar-refractivity contribution in [3.05, 3.63) is 23.8 Å². The van der Waals surface area contributed by atoms with Crippen LogP contribution in [-0.4, -0.2) is 31.4 Å². The van der Waals surface area contributed by atoms with Gasteiger partial charge in [0.05, 0.1) is 13.7 Å². The van der Waals surface area contributed by atoms with E-state index < -0.39 is 23.9 Å². The summed E-state index contributed by atoms with van der Waals surface area (Å²) < 4.78 is 15.6. The van der Waals surface area contributed by atoms with Crippen LogP contribution in [0.15, 0.2) is 18.2 Å². The summed E-state index contributed by atoms with van der Waals surface area (Å²) in [5.41, 5.74) is 0.631. The van der Waals surface area contributed by atoms with E-state index in [1.165, 1.54) is 7.11 Å². The van der Waals surface area contributed by atoms with Crippen molar-refractivity contribution >= 4 is 17.9 Å². The minimum Gasteiger partial charge on any atom is -0.496 e. The number of rotatable bonds is 3. The summed E-state index contributed by atoms with van der Waals surface area (Å²) >= 11 is 0. The molecule has 0 spiro atoms. The van der Waals surface area contributed by atoms with Crippen molar-refractivity contribution in [1.82, 2.24) is 5.32 Å². The first kappa shape index (κ1) is 15.9. The SMILES string of the molecule is COc1ccc(NC(=O)OC(C)(C)C)cc1C1CNC(=O)O1. The van der Waals surface area contributed by atoms with Gasteiger partial charge < -0.3 is 19.5 Å². The molecule has 1 saturated heterocycles. The van der Waals surface area contributed by atoms with Gasteiger partial charge in [0.2, 0.25) is 0 Å². The number of hydrogen-bond donors (Lipinski definition) is 2. The standard InChI is InChI=1S/C15H20N2O5/c1-15(2,3)22-14(19)17-9-5-6-11(20-4)10(7-9)12-8-16-13(18)21-12/h5-7,12H,8H2,1-4H3,(H,16,18)(H,17,19). The smallest absolute Gasteiger partial charge is 0.412 e. The van der Waals surface area contributed by atoms with Crippen molar-refractivity contribution in [2.75, 3.05) is 19.0 Å². The monoisotopic (exact) mass is 308 g/mol. The first-order valence-corrected chi connectivity index (χ1v) is 6.91. The zero-order chi connectivity index (χ0) is 16.3. The number of amides is 2. The van der Waals surface area contributed by atoms with Gasteiger partial charge in [-0.1, -0.05) is 0 Å². The number of alkyl carbamates (subject to hydrolysis) is 1. The van der Waals surface area contributed by atoms with E-state index in [4.69, 9.17) is 14.2 Å². The van der Waals surface area contributed by atoms with Gasteiger partial charge in [-0.05, 0) is 39.0 Å². The van der Waals surface area contributed by atoms with Crippen LogP contribution < -0.4 is 15.4 Å². The summed E-state index contributed by atoms with van der Waals surface area (Å²) in [6.07, 6.45) is -1.48. The Kier molecular flexibility index (Phi) is 4.44. The van der Waals surface area contributed by atoms with Gasteiger partial charge in [0.15, 0.2) is 0 Å². The van der Waals surface area contributed by atoms with Crippen molar-refractivity contribution < 1.29 is 23.8 Å². The first-order chi connectivity index (χ1) is 10.3. The van der Waals surface area contributed by atoms with Crippen LogP contribution in [0, 0.1) is 0 Å². The van der Waals surface area contributed by atoms with Crippen molar-refractivity contribution in [3.8, 4) is 5.75 Å². The van der Waals surface area contributed by atoms with E-state index in [9.17, 15) is 9.59 Å². The Morgan fingerprint density at radius 1 is 1.41 bits per heavy atom. The molecule has 1 unspecified atom stereocenters. The summed E-state index contributed by atoms with van der Waals surface area (Å²) in [4.78, 5) is 23.0. The van der Waals surface area contributed by atoms with Crippen LogP contribution >= 0.6 is 0 Å². The second kappa shape index (κ2) is 6.13. The highest BCUT2D eigenvalue weighted by Crippen LogP contribution is 2.32. The van der Waals surface area contributed by atoms with Gasteiger partial charge in [-0.3, -0.25) is 5.32 Å². The quantitative estimate of drug-likeness (QED) is 0.896. The normalized spacial score (nSPS) is 17.5. The molecule has 1 atom stereocenters. The van der Waals surface area contributed by atoms with Crippen LogP contribution in [0.25, 0.3) is 0 Å². The molecule has 2 N–H and O–H groups in total. The third-order valence-corrected chi connectivity index (χ3v) is 2.90. The number of benzene rings is 1. The molecule has 1 aromatic rings. The third kappa shape index (κ3) is 4.03. The summed E-state index contributed by atoms with van der Waals surface area (Å²) in [5, 5.41) is 5.23. The van der Waals surface area contributed by atoms with E-state index >= 15 is 0 Å². The number of ether oxygens (including phenoxy) is 3. The zero-order valence-corrected chi connectivity index (χ0v) is 13.1. The van der Waals surface area contributed by atoms with Gasteiger partial charge in [-0.15, -0.1) is 0 Å².